The second-order valence-electron chi connectivity index (χ2n) is 5.75. The first-order valence-electron chi connectivity index (χ1n) is 7.39. The summed E-state index contributed by atoms with van der Waals surface area (Å²) in [5.74, 6) is -0.190. The number of ether oxygens (including phenoxy) is 1. The van der Waals surface area contributed by atoms with Gasteiger partial charge in [0.2, 0.25) is 0 Å². The third kappa shape index (κ3) is 5.33. The van der Waals surface area contributed by atoms with E-state index in [1.165, 1.54) is 0 Å². The Morgan fingerprint density at radius 3 is 2.82 bits per heavy atom. The molecule has 1 N–H and O–H groups in total. The van der Waals surface area contributed by atoms with Crippen molar-refractivity contribution in [1.29, 1.82) is 0 Å². The number of halogens is 3. The van der Waals surface area contributed by atoms with Crippen molar-refractivity contribution in [1.82, 2.24) is 5.32 Å². The van der Waals surface area contributed by atoms with Gasteiger partial charge < -0.3 is 10.1 Å². The van der Waals surface area contributed by atoms with Crippen molar-refractivity contribution >= 4 is 5.91 Å². The van der Waals surface area contributed by atoms with Gasteiger partial charge in [-0.25, -0.2) is 0 Å². The molecule has 0 heterocycles. The fourth-order valence-corrected chi connectivity index (χ4v) is 2.69. The fraction of sp³-hybridized carbons (Fsp3) is 0.562. The van der Waals surface area contributed by atoms with Crippen molar-refractivity contribution < 1.29 is 22.7 Å². The third-order valence-electron chi connectivity index (χ3n) is 3.72. The monoisotopic (exact) mass is 315 g/mol. The summed E-state index contributed by atoms with van der Waals surface area (Å²) in [6, 6.07) is 7.08. The van der Waals surface area contributed by atoms with E-state index in [-0.39, 0.29) is 11.9 Å². The molecule has 3 nitrogen and oxygen atoms in total. The number of amides is 1. The van der Waals surface area contributed by atoms with Crippen LogP contribution in [0.15, 0.2) is 24.3 Å². The van der Waals surface area contributed by atoms with Gasteiger partial charge in [0.15, 0.2) is 0 Å². The molecule has 0 bridgehead atoms. The average Bonchev–Trinajstić information content (AvgIpc) is 2.45. The molecule has 1 aliphatic carbocycles. The van der Waals surface area contributed by atoms with E-state index in [1.807, 2.05) is 13.0 Å². The highest BCUT2D eigenvalue weighted by molar-refractivity contribution is 5.94. The maximum absolute atomic E-state index is 12.2. The lowest BCUT2D eigenvalue weighted by atomic mass is 9.92. The van der Waals surface area contributed by atoms with E-state index in [2.05, 4.69) is 5.32 Å². The van der Waals surface area contributed by atoms with Crippen LogP contribution in [0.25, 0.3) is 0 Å². The van der Waals surface area contributed by atoms with E-state index >= 15 is 0 Å². The summed E-state index contributed by atoms with van der Waals surface area (Å²) in [6.45, 7) is 0.675. The molecule has 1 aromatic rings. The lowest BCUT2D eigenvalue weighted by molar-refractivity contribution is -0.188. The zero-order chi connectivity index (χ0) is 16.2. The molecule has 1 aromatic carbocycles. The molecule has 6 heteroatoms. The van der Waals surface area contributed by atoms with Gasteiger partial charge in [0, 0.05) is 11.6 Å². The van der Waals surface area contributed by atoms with Gasteiger partial charge in [-0.05, 0) is 44.7 Å². The van der Waals surface area contributed by atoms with Crippen LogP contribution in [0.4, 0.5) is 13.2 Å². The van der Waals surface area contributed by atoms with Crippen LogP contribution in [0, 0.1) is 6.92 Å². The smallest absolute Gasteiger partial charge is 0.369 e. The first kappa shape index (κ1) is 16.8. The number of alkyl halides is 3. The molecule has 0 saturated heterocycles. The molecule has 1 amide bonds. The zero-order valence-corrected chi connectivity index (χ0v) is 12.5. The van der Waals surface area contributed by atoms with Crippen LogP contribution in [0.5, 0.6) is 0 Å². The van der Waals surface area contributed by atoms with Crippen LogP contribution in [0.1, 0.15) is 41.6 Å². The van der Waals surface area contributed by atoms with Gasteiger partial charge in [-0.1, -0.05) is 17.7 Å². The number of hydrogen-bond donors (Lipinski definition) is 1. The van der Waals surface area contributed by atoms with Crippen molar-refractivity contribution in [3.63, 3.8) is 0 Å². The van der Waals surface area contributed by atoms with Crippen molar-refractivity contribution in [3.8, 4) is 0 Å². The summed E-state index contributed by atoms with van der Waals surface area (Å²) in [4.78, 5) is 12.2. The lowest BCUT2D eigenvalue weighted by Crippen LogP contribution is -2.41. The van der Waals surface area contributed by atoms with Crippen LogP contribution in [0.2, 0.25) is 0 Å². The van der Waals surface area contributed by atoms with Crippen LogP contribution >= 0.6 is 0 Å². The first-order chi connectivity index (χ1) is 10.3. The SMILES string of the molecule is Cc1cccc(C(=O)N[C@@H]2CCC[C@H](OCC(F)(F)F)C2)c1. The highest BCUT2D eigenvalue weighted by atomic mass is 19.4. The topological polar surface area (TPSA) is 38.3 Å². The summed E-state index contributed by atoms with van der Waals surface area (Å²) in [6.07, 6.45) is -2.21. The molecule has 122 valence electrons. The molecule has 2 rings (SSSR count). The maximum Gasteiger partial charge on any atom is 0.411 e. The quantitative estimate of drug-likeness (QED) is 0.921. The Labute approximate surface area is 127 Å². The van der Waals surface area contributed by atoms with Gasteiger partial charge >= 0.3 is 6.18 Å². The van der Waals surface area contributed by atoms with Crippen molar-refractivity contribution in [2.45, 2.75) is 50.9 Å². The highest BCUT2D eigenvalue weighted by Crippen LogP contribution is 2.24. The molecule has 1 fully saturated rings. The first-order valence-corrected chi connectivity index (χ1v) is 7.39. The van der Waals surface area contributed by atoms with Gasteiger partial charge in [0.05, 0.1) is 6.10 Å². The summed E-state index contributed by atoms with van der Waals surface area (Å²) >= 11 is 0. The Morgan fingerprint density at radius 1 is 1.36 bits per heavy atom. The number of hydrogen-bond acceptors (Lipinski definition) is 2. The summed E-state index contributed by atoms with van der Waals surface area (Å²) in [5.41, 5.74) is 1.56. The number of benzene rings is 1. The van der Waals surface area contributed by atoms with Gasteiger partial charge in [-0.15, -0.1) is 0 Å². The largest absolute Gasteiger partial charge is 0.411 e. The van der Waals surface area contributed by atoms with Crippen LogP contribution in [-0.2, 0) is 4.74 Å². The number of nitrogens with one attached hydrogen (secondary N) is 1. The van der Waals surface area contributed by atoms with Crippen LogP contribution in [0.3, 0.4) is 0 Å². The molecule has 0 radical (unpaired) electrons. The Balaban J connectivity index is 1.86. The normalized spacial score (nSPS) is 22.4. The van der Waals surface area contributed by atoms with E-state index < -0.39 is 18.9 Å². The molecule has 0 aliphatic heterocycles. The molecule has 1 aliphatic rings. The van der Waals surface area contributed by atoms with Crippen molar-refractivity contribution in [3.05, 3.63) is 35.4 Å². The minimum Gasteiger partial charge on any atom is -0.369 e. The number of carbonyl (C=O) groups excluding carboxylic acids is 1. The van der Waals surface area contributed by atoms with E-state index in [0.717, 1.165) is 18.4 Å². The van der Waals surface area contributed by atoms with Gasteiger partial charge in [-0.2, -0.15) is 13.2 Å². The second-order valence-corrected chi connectivity index (χ2v) is 5.75. The van der Waals surface area contributed by atoms with Crippen LogP contribution in [-0.4, -0.2) is 30.8 Å². The zero-order valence-electron chi connectivity index (χ0n) is 12.5. The third-order valence-corrected chi connectivity index (χ3v) is 3.72. The molecule has 2 atom stereocenters. The van der Waals surface area contributed by atoms with Crippen LogP contribution < -0.4 is 5.32 Å². The fourth-order valence-electron chi connectivity index (χ4n) is 2.69. The Kier molecular flexibility index (Phi) is 5.45. The highest BCUT2D eigenvalue weighted by Gasteiger charge is 2.31. The van der Waals surface area contributed by atoms with Gasteiger partial charge in [0.25, 0.3) is 5.91 Å². The Morgan fingerprint density at radius 2 is 2.14 bits per heavy atom. The Bertz CT molecular complexity index is 516. The molecule has 0 unspecified atom stereocenters. The summed E-state index contributed by atoms with van der Waals surface area (Å²) < 4.78 is 41.5. The molecule has 22 heavy (non-hydrogen) atoms. The standard InChI is InChI=1S/C16H20F3NO2/c1-11-4-2-5-12(8-11)15(21)20-13-6-3-7-14(9-13)22-10-16(17,18)19/h2,4-5,8,13-14H,3,6-7,9-10H2,1H3,(H,20,21)/t13-,14+/m1/s1. The predicted molar refractivity (Wildman–Crippen MR) is 76.7 cm³/mol. The van der Waals surface area contributed by atoms with Crippen molar-refractivity contribution in [2.24, 2.45) is 0 Å². The molecular formula is C16H20F3NO2. The number of carbonyl (C=O) groups is 1. The average molecular weight is 315 g/mol. The van der Waals surface area contributed by atoms with Gasteiger partial charge in [-0.3, -0.25) is 4.79 Å². The number of rotatable bonds is 4. The lowest BCUT2D eigenvalue weighted by Gasteiger charge is -2.30. The second kappa shape index (κ2) is 7.13. The van der Waals surface area contributed by atoms with E-state index in [0.29, 0.717) is 18.4 Å². The predicted octanol–water partition coefficient (Wildman–Crippen LogP) is 3.61. The molecule has 0 aromatic heterocycles. The molecule has 1 saturated carbocycles. The maximum atomic E-state index is 12.2. The van der Waals surface area contributed by atoms with Gasteiger partial charge in [0.1, 0.15) is 6.61 Å². The van der Waals surface area contributed by atoms with E-state index in [9.17, 15) is 18.0 Å². The summed E-state index contributed by atoms with van der Waals surface area (Å²) in [5, 5.41) is 2.89. The summed E-state index contributed by atoms with van der Waals surface area (Å²) in [7, 11) is 0. The Hall–Kier alpha value is -1.56. The molecule has 0 spiro atoms. The van der Waals surface area contributed by atoms with E-state index in [1.54, 1.807) is 18.2 Å². The minimum absolute atomic E-state index is 0.139. The molecular weight excluding hydrogens is 295 g/mol. The van der Waals surface area contributed by atoms with Crippen molar-refractivity contribution in [2.75, 3.05) is 6.61 Å². The minimum atomic E-state index is -4.31. The van der Waals surface area contributed by atoms with E-state index in [4.69, 9.17) is 4.74 Å². The number of aryl methyl sites for hydroxylation is 1.